The predicted octanol–water partition coefficient (Wildman–Crippen LogP) is 3.59. The predicted molar refractivity (Wildman–Crippen MR) is 118 cm³/mol. The Morgan fingerprint density at radius 2 is 2.03 bits per heavy atom. The molecule has 0 atom stereocenters. The Kier molecular flexibility index (Phi) is 6.26. The van der Waals surface area contributed by atoms with Crippen LogP contribution in [0.5, 0.6) is 0 Å². The van der Waals surface area contributed by atoms with E-state index in [1.54, 1.807) is 21.7 Å². The number of non-ortho nitro benzene ring substituents is 1. The Labute approximate surface area is 183 Å². The lowest BCUT2D eigenvalue weighted by molar-refractivity contribution is -0.384. The van der Waals surface area contributed by atoms with Crippen LogP contribution >= 0.6 is 11.8 Å². The van der Waals surface area contributed by atoms with Crippen LogP contribution in [0.3, 0.4) is 0 Å². The van der Waals surface area contributed by atoms with Gasteiger partial charge in [0.25, 0.3) is 5.69 Å². The summed E-state index contributed by atoms with van der Waals surface area (Å²) in [5.41, 5.74) is 3.72. The van der Waals surface area contributed by atoms with Crippen molar-refractivity contribution in [2.24, 2.45) is 0 Å². The minimum Gasteiger partial charge on any atom is -0.311 e. The molecule has 1 aliphatic rings. The Morgan fingerprint density at radius 1 is 1.23 bits per heavy atom. The molecule has 31 heavy (non-hydrogen) atoms. The van der Waals surface area contributed by atoms with Crippen molar-refractivity contribution in [2.45, 2.75) is 37.8 Å². The number of nitrogens with zero attached hydrogens (tertiary/aromatic N) is 6. The number of aryl methyl sites for hydroxylation is 1. The van der Waals surface area contributed by atoms with Gasteiger partial charge in [0.1, 0.15) is 0 Å². The number of tetrazole rings is 1. The Hall–Kier alpha value is -3.27. The summed E-state index contributed by atoms with van der Waals surface area (Å²) < 4.78 is 1.63. The fourth-order valence-electron chi connectivity index (χ4n) is 3.58. The van der Waals surface area contributed by atoms with Gasteiger partial charge < -0.3 is 4.90 Å². The maximum absolute atomic E-state index is 12.8. The number of carbonyl (C=O) groups excluding carboxylic acids is 1. The van der Waals surface area contributed by atoms with Crippen LogP contribution in [0.25, 0.3) is 5.69 Å². The van der Waals surface area contributed by atoms with Crippen molar-refractivity contribution in [3.05, 3.63) is 63.7 Å². The molecule has 4 rings (SSSR count). The number of carbonyl (C=O) groups is 1. The normalized spacial score (nSPS) is 12.7. The van der Waals surface area contributed by atoms with Gasteiger partial charge in [-0.1, -0.05) is 37.2 Å². The van der Waals surface area contributed by atoms with E-state index in [1.165, 1.54) is 23.4 Å². The number of hydrogen-bond donors (Lipinski definition) is 0. The summed E-state index contributed by atoms with van der Waals surface area (Å²) in [7, 11) is 0. The summed E-state index contributed by atoms with van der Waals surface area (Å²) >= 11 is 1.27. The number of nitro groups is 1. The molecule has 0 saturated carbocycles. The molecule has 1 amide bonds. The topological polar surface area (TPSA) is 107 Å². The van der Waals surface area contributed by atoms with Crippen LogP contribution in [0.15, 0.2) is 47.6 Å². The molecule has 0 spiro atoms. The van der Waals surface area contributed by atoms with Crippen LogP contribution in [0, 0.1) is 10.1 Å². The number of anilines is 1. The molecule has 10 heteroatoms. The van der Waals surface area contributed by atoms with Crippen molar-refractivity contribution in [3.63, 3.8) is 0 Å². The monoisotopic (exact) mass is 438 g/mol. The van der Waals surface area contributed by atoms with Crippen molar-refractivity contribution >= 4 is 29.0 Å². The Morgan fingerprint density at radius 3 is 2.77 bits per heavy atom. The number of benzene rings is 2. The highest BCUT2D eigenvalue weighted by Crippen LogP contribution is 2.32. The smallest absolute Gasteiger partial charge is 0.269 e. The van der Waals surface area contributed by atoms with Gasteiger partial charge in [0.05, 0.1) is 16.4 Å². The first kappa shape index (κ1) is 21.0. The van der Waals surface area contributed by atoms with E-state index in [-0.39, 0.29) is 17.3 Å². The molecular formula is C21H22N6O3S. The number of aromatic nitrogens is 4. The second kappa shape index (κ2) is 9.25. The number of amides is 1. The molecule has 3 aromatic rings. The first-order valence-corrected chi connectivity index (χ1v) is 11.1. The third kappa shape index (κ3) is 4.58. The number of fused-ring (bicyclic) bond motifs is 1. The zero-order valence-corrected chi connectivity index (χ0v) is 17.9. The van der Waals surface area contributed by atoms with Crippen molar-refractivity contribution in [2.75, 3.05) is 17.2 Å². The standard InChI is InChI=1S/C21H22N6O3S/c1-2-3-4-15-5-7-17(8-6-15)26-21(22-23-24-26)31-14-20(28)25-12-11-16-13-18(27(29)30)9-10-19(16)25/h5-10,13H,2-4,11-12,14H2,1H3. The zero-order valence-electron chi connectivity index (χ0n) is 17.1. The van der Waals surface area contributed by atoms with Gasteiger partial charge in [-0.3, -0.25) is 14.9 Å². The summed E-state index contributed by atoms with van der Waals surface area (Å²) in [5, 5.41) is 23.4. The van der Waals surface area contributed by atoms with Crippen LogP contribution in [-0.4, -0.2) is 43.3 Å². The number of thioether (sulfide) groups is 1. The fraction of sp³-hybridized carbons (Fsp3) is 0.333. The minimum atomic E-state index is -0.420. The van der Waals surface area contributed by atoms with Gasteiger partial charge >= 0.3 is 0 Å². The minimum absolute atomic E-state index is 0.0438. The van der Waals surface area contributed by atoms with E-state index in [1.807, 2.05) is 12.1 Å². The zero-order chi connectivity index (χ0) is 21.8. The lowest BCUT2D eigenvalue weighted by atomic mass is 10.1. The van der Waals surface area contributed by atoms with Gasteiger partial charge in [0.2, 0.25) is 11.1 Å². The van der Waals surface area contributed by atoms with Gasteiger partial charge in [-0.05, 0) is 59.0 Å². The van der Waals surface area contributed by atoms with Gasteiger partial charge in [0.15, 0.2) is 0 Å². The number of unbranched alkanes of at least 4 members (excludes halogenated alkanes) is 1. The Bertz CT molecular complexity index is 1100. The molecule has 0 aliphatic carbocycles. The molecule has 9 nitrogen and oxygen atoms in total. The number of hydrogen-bond acceptors (Lipinski definition) is 7. The molecule has 0 bridgehead atoms. The largest absolute Gasteiger partial charge is 0.311 e. The lowest BCUT2D eigenvalue weighted by Crippen LogP contribution is -2.30. The highest BCUT2D eigenvalue weighted by Gasteiger charge is 2.26. The molecule has 160 valence electrons. The van der Waals surface area contributed by atoms with Gasteiger partial charge in [-0.25, -0.2) is 0 Å². The molecule has 0 saturated heterocycles. The van der Waals surface area contributed by atoms with Crippen LogP contribution in [0.2, 0.25) is 0 Å². The average molecular weight is 439 g/mol. The second-order valence-corrected chi connectivity index (χ2v) is 8.24. The van der Waals surface area contributed by atoms with E-state index in [0.29, 0.717) is 18.1 Å². The van der Waals surface area contributed by atoms with Crippen molar-refractivity contribution < 1.29 is 9.72 Å². The lowest BCUT2D eigenvalue weighted by Gasteiger charge is -2.16. The van der Waals surface area contributed by atoms with Crippen LogP contribution in [-0.2, 0) is 17.6 Å². The fourth-order valence-corrected chi connectivity index (χ4v) is 4.35. The third-order valence-electron chi connectivity index (χ3n) is 5.24. The van der Waals surface area contributed by atoms with Crippen LogP contribution < -0.4 is 4.90 Å². The van der Waals surface area contributed by atoms with E-state index in [2.05, 4.69) is 34.6 Å². The summed E-state index contributed by atoms with van der Waals surface area (Å²) in [6.45, 7) is 2.69. The molecule has 1 aromatic heterocycles. The second-order valence-electron chi connectivity index (χ2n) is 7.30. The molecule has 2 heterocycles. The van der Waals surface area contributed by atoms with Crippen LogP contribution in [0.4, 0.5) is 11.4 Å². The molecule has 0 radical (unpaired) electrons. The van der Waals surface area contributed by atoms with E-state index < -0.39 is 4.92 Å². The van der Waals surface area contributed by atoms with E-state index in [0.717, 1.165) is 36.2 Å². The van der Waals surface area contributed by atoms with Crippen LogP contribution in [0.1, 0.15) is 30.9 Å². The molecule has 0 N–H and O–H groups in total. The SMILES string of the molecule is CCCCc1ccc(-n2nnnc2SCC(=O)N2CCc3cc([N+](=O)[O-])ccc32)cc1. The van der Waals surface area contributed by atoms with Crippen molar-refractivity contribution in [1.82, 2.24) is 20.2 Å². The van der Waals surface area contributed by atoms with Crippen molar-refractivity contribution in [1.29, 1.82) is 0 Å². The molecule has 2 aromatic carbocycles. The highest BCUT2D eigenvalue weighted by atomic mass is 32.2. The summed E-state index contributed by atoms with van der Waals surface area (Å²) in [5.74, 6) is 0.0906. The molecular weight excluding hydrogens is 416 g/mol. The average Bonchev–Trinajstić information content (AvgIpc) is 3.43. The molecule has 1 aliphatic heterocycles. The number of rotatable bonds is 8. The quantitative estimate of drug-likeness (QED) is 0.300. The first-order valence-electron chi connectivity index (χ1n) is 10.1. The maximum Gasteiger partial charge on any atom is 0.269 e. The van der Waals surface area contributed by atoms with Gasteiger partial charge in [-0.15, -0.1) is 5.10 Å². The molecule has 0 unspecified atom stereocenters. The maximum atomic E-state index is 12.8. The summed E-state index contributed by atoms with van der Waals surface area (Å²) in [4.78, 5) is 25.0. The van der Waals surface area contributed by atoms with Crippen molar-refractivity contribution in [3.8, 4) is 5.69 Å². The molecule has 0 fully saturated rings. The van der Waals surface area contributed by atoms with Gasteiger partial charge in [0, 0.05) is 24.4 Å². The van der Waals surface area contributed by atoms with Gasteiger partial charge in [-0.2, -0.15) is 4.68 Å². The summed E-state index contributed by atoms with van der Waals surface area (Å²) in [6, 6.07) is 12.7. The first-order chi connectivity index (χ1) is 15.1. The third-order valence-corrected chi connectivity index (χ3v) is 6.14. The summed E-state index contributed by atoms with van der Waals surface area (Å²) in [6.07, 6.45) is 3.96. The van der Waals surface area contributed by atoms with E-state index in [9.17, 15) is 14.9 Å². The highest BCUT2D eigenvalue weighted by molar-refractivity contribution is 7.99. The number of nitro benzene ring substituents is 1. The van der Waals surface area contributed by atoms with E-state index >= 15 is 0 Å². The van der Waals surface area contributed by atoms with E-state index in [4.69, 9.17) is 0 Å². The Balaban J connectivity index is 1.42.